The number of aromatic nitrogens is 3. The first-order valence-electron chi connectivity index (χ1n) is 9.55. The number of amides is 1. The Bertz CT molecular complexity index is 1200. The third-order valence-corrected chi connectivity index (χ3v) is 5.93. The average molecular weight is 422 g/mol. The van der Waals surface area contributed by atoms with Crippen LogP contribution in [0, 0.1) is 24.2 Å². The zero-order valence-corrected chi connectivity index (χ0v) is 18.2. The number of carbonyl (C=O) groups excluding carboxylic acids is 1. The molecule has 0 fully saturated rings. The number of nitrogens with one attached hydrogen (secondary N) is 1. The van der Waals surface area contributed by atoms with Gasteiger partial charge >= 0.3 is 0 Å². The molecule has 30 heavy (non-hydrogen) atoms. The van der Waals surface area contributed by atoms with Crippen molar-refractivity contribution in [1.82, 2.24) is 19.9 Å². The molecule has 1 aromatic carbocycles. The van der Waals surface area contributed by atoms with Crippen LogP contribution in [0.15, 0.2) is 52.5 Å². The van der Waals surface area contributed by atoms with E-state index in [1.165, 1.54) is 4.57 Å². The molecular weight excluding hydrogens is 398 g/mol. The van der Waals surface area contributed by atoms with Gasteiger partial charge in [-0.1, -0.05) is 37.7 Å². The number of nitriles is 1. The van der Waals surface area contributed by atoms with E-state index >= 15 is 0 Å². The lowest BCUT2D eigenvalue weighted by Crippen LogP contribution is -2.49. The van der Waals surface area contributed by atoms with Crippen LogP contribution in [0.25, 0.3) is 16.7 Å². The number of pyridine rings is 1. The van der Waals surface area contributed by atoms with Crippen molar-refractivity contribution in [3.63, 3.8) is 0 Å². The summed E-state index contributed by atoms with van der Waals surface area (Å²) in [5.74, 6) is 0.111. The highest BCUT2D eigenvalue weighted by molar-refractivity contribution is 7.99. The Labute approximate surface area is 179 Å². The van der Waals surface area contributed by atoms with E-state index in [4.69, 9.17) is 0 Å². The molecule has 0 saturated carbocycles. The minimum absolute atomic E-state index is 0.0145. The third-order valence-electron chi connectivity index (χ3n) is 4.99. The third kappa shape index (κ3) is 4.36. The molecule has 0 aliphatic rings. The van der Waals surface area contributed by atoms with Crippen LogP contribution in [0.3, 0.4) is 0 Å². The molecule has 154 valence electrons. The Hall–Kier alpha value is -3.18. The molecule has 0 saturated heterocycles. The minimum atomic E-state index is -0.966. The van der Waals surface area contributed by atoms with Crippen LogP contribution in [-0.4, -0.2) is 31.7 Å². The standard InChI is InChI=1S/C22H23N5O2S/c1-14(2)22(4,13-23)26-19(28)12-30-21-25-17-8-6-5-7-16(17)20(29)27(21)18-11-15(3)9-10-24-18/h5-11,14H,12H2,1-4H3,(H,26,28). The maximum atomic E-state index is 13.2. The maximum Gasteiger partial charge on any atom is 0.267 e. The summed E-state index contributed by atoms with van der Waals surface area (Å²) in [4.78, 5) is 34.7. The minimum Gasteiger partial charge on any atom is -0.337 e. The van der Waals surface area contributed by atoms with Gasteiger partial charge in [0.15, 0.2) is 5.16 Å². The van der Waals surface area contributed by atoms with E-state index in [9.17, 15) is 14.9 Å². The Morgan fingerprint density at radius 1 is 1.33 bits per heavy atom. The number of thioether (sulfide) groups is 1. The number of benzene rings is 1. The predicted octanol–water partition coefficient (Wildman–Crippen LogP) is 3.24. The Morgan fingerprint density at radius 3 is 2.73 bits per heavy atom. The first-order valence-corrected chi connectivity index (χ1v) is 10.5. The Kier molecular flexibility index (Phi) is 6.22. The van der Waals surface area contributed by atoms with Crippen LogP contribution in [0.5, 0.6) is 0 Å². The van der Waals surface area contributed by atoms with Crippen molar-refractivity contribution < 1.29 is 4.79 Å². The number of hydrogen-bond donors (Lipinski definition) is 1. The number of para-hydroxylation sites is 1. The fraction of sp³-hybridized carbons (Fsp3) is 0.318. The molecule has 8 heteroatoms. The van der Waals surface area contributed by atoms with E-state index < -0.39 is 5.54 Å². The average Bonchev–Trinajstić information content (AvgIpc) is 2.72. The summed E-state index contributed by atoms with van der Waals surface area (Å²) in [6.45, 7) is 7.37. The molecule has 7 nitrogen and oxygen atoms in total. The molecule has 1 atom stereocenters. The summed E-state index contributed by atoms with van der Waals surface area (Å²) >= 11 is 1.14. The van der Waals surface area contributed by atoms with Crippen LogP contribution >= 0.6 is 11.8 Å². The van der Waals surface area contributed by atoms with Gasteiger partial charge in [-0.25, -0.2) is 14.5 Å². The molecule has 2 heterocycles. The van der Waals surface area contributed by atoms with Crippen molar-refractivity contribution in [2.45, 2.75) is 38.4 Å². The Morgan fingerprint density at radius 2 is 2.07 bits per heavy atom. The molecular formula is C22H23N5O2S. The molecule has 0 bridgehead atoms. The first-order chi connectivity index (χ1) is 14.2. The summed E-state index contributed by atoms with van der Waals surface area (Å²) in [5, 5.41) is 13.1. The summed E-state index contributed by atoms with van der Waals surface area (Å²) in [7, 11) is 0. The highest BCUT2D eigenvalue weighted by Gasteiger charge is 2.30. The molecule has 0 aliphatic heterocycles. The summed E-state index contributed by atoms with van der Waals surface area (Å²) in [6, 6.07) is 12.9. The van der Waals surface area contributed by atoms with Crippen molar-refractivity contribution >= 4 is 28.6 Å². The van der Waals surface area contributed by atoms with E-state index in [2.05, 4.69) is 21.4 Å². The number of hydrogen-bond acceptors (Lipinski definition) is 6. The highest BCUT2D eigenvalue weighted by Crippen LogP contribution is 2.22. The second-order valence-corrected chi connectivity index (χ2v) is 8.49. The number of rotatable bonds is 6. The molecule has 0 radical (unpaired) electrons. The monoisotopic (exact) mass is 421 g/mol. The quantitative estimate of drug-likeness (QED) is 0.484. The fourth-order valence-corrected chi connectivity index (χ4v) is 3.61. The van der Waals surface area contributed by atoms with Gasteiger partial charge < -0.3 is 5.32 Å². The van der Waals surface area contributed by atoms with Gasteiger partial charge in [-0.05, 0) is 49.6 Å². The molecule has 0 aliphatic carbocycles. The van der Waals surface area contributed by atoms with Crippen molar-refractivity contribution in [2.24, 2.45) is 5.92 Å². The van der Waals surface area contributed by atoms with Gasteiger partial charge in [0.1, 0.15) is 11.4 Å². The molecule has 1 unspecified atom stereocenters. The fourth-order valence-electron chi connectivity index (χ4n) is 2.81. The van der Waals surface area contributed by atoms with Gasteiger partial charge in [-0.3, -0.25) is 9.59 Å². The largest absolute Gasteiger partial charge is 0.337 e. The predicted molar refractivity (Wildman–Crippen MR) is 118 cm³/mol. The highest BCUT2D eigenvalue weighted by atomic mass is 32.2. The summed E-state index contributed by atoms with van der Waals surface area (Å²) in [5.41, 5.74) is 0.297. The maximum absolute atomic E-state index is 13.2. The van der Waals surface area contributed by atoms with Crippen LogP contribution < -0.4 is 10.9 Å². The summed E-state index contributed by atoms with van der Waals surface area (Å²) in [6.07, 6.45) is 1.63. The topological polar surface area (TPSA) is 101 Å². The molecule has 2 aromatic heterocycles. The number of aryl methyl sites for hydroxylation is 1. The van der Waals surface area contributed by atoms with E-state index in [-0.39, 0.29) is 23.1 Å². The van der Waals surface area contributed by atoms with Gasteiger partial charge in [-0.15, -0.1) is 0 Å². The van der Waals surface area contributed by atoms with E-state index in [1.54, 1.807) is 37.4 Å². The van der Waals surface area contributed by atoms with Crippen molar-refractivity contribution in [3.8, 4) is 11.9 Å². The van der Waals surface area contributed by atoms with Gasteiger partial charge in [-0.2, -0.15) is 5.26 Å². The molecule has 1 amide bonds. The zero-order chi connectivity index (χ0) is 21.9. The summed E-state index contributed by atoms with van der Waals surface area (Å²) < 4.78 is 1.43. The molecule has 3 rings (SSSR count). The number of nitrogens with zero attached hydrogens (tertiary/aromatic N) is 4. The van der Waals surface area contributed by atoms with Crippen molar-refractivity contribution in [3.05, 3.63) is 58.5 Å². The lowest BCUT2D eigenvalue weighted by Gasteiger charge is -2.27. The normalized spacial score (nSPS) is 13.1. The van der Waals surface area contributed by atoms with Crippen LogP contribution in [-0.2, 0) is 4.79 Å². The number of carbonyl (C=O) groups is 1. The van der Waals surface area contributed by atoms with Gasteiger partial charge in [0.25, 0.3) is 5.56 Å². The smallest absolute Gasteiger partial charge is 0.267 e. The Balaban J connectivity index is 1.99. The zero-order valence-electron chi connectivity index (χ0n) is 17.3. The van der Waals surface area contributed by atoms with Crippen molar-refractivity contribution in [2.75, 3.05) is 5.75 Å². The van der Waals surface area contributed by atoms with Crippen LogP contribution in [0.2, 0.25) is 0 Å². The first kappa shape index (κ1) is 21.5. The van der Waals surface area contributed by atoms with Crippen LogP contribution in [0.4, 0.5) is 0 Å². The van der Waals surface area contributed by atoms with Crippen LogP contribution in [0.1, 0.15) is 26.3 Å². The van der Waals surface area contributed by atoms with Crippen molar-refractivity contribution in [1.29, 1.82) is 5.26 Å². The lowest BCUT2D eigenvalue weighted by molar-refractivity contribution is -0.120. The van der Waals surface area contributed by atoms with E-state index in [1.807, 2.05) is 32.9 Å². The van der Waals surface area contributed by atoms with Gasteiger partial charge in [0.05, 0.1) is 22.7 Å². The SMILES string of the molecule is Cc1ccnc(-n2c(SCC(=O)NC(C)(C#N)C(C)C)nc3ccccc3c2=O)c1. The second-order valence-electron chi connectivity index (χ2n) is 7.55. The van der Waals surface area contributed by atoms with E-state index in [0.717, 1.165) is 17.3 Å². The molecule has 0 spiro atoms. The molecule has 1 N–H and O–H groups in total. The van der Waals surface area contributed by atoms with E-state index in [0.29, 0.717) is 21.9 Å². The second kappa shape index (κ2) is 8.67. The van der Waals surface area contributed by atoms with Gasteiger partial charge in [0.2, 0.25) is 5.91 Å². The lowest BCUT2D eigenvalue weighted by atomic mass is 9.90. The molecule has 3 aromatic rings. The van der Waals surface area contributed by atoms with Gasteiger partial charge in [0, 0.05) is 6.20 Å². The number of fused-ring (bicyclic) bond motifs is 1.